The lowest BCUT2D eigenvalue weighted by Gasteiger charge is -2.24. The van der Waals surface area contributed by atoms with Crippen molar-refractivity contribution in [1.82, 2.24) is 0 Å². The highest BCUT2D eigenvalue weighted by molar-refractivity contribution is 9.10. The van der Waals surface area contributed by atoms with E-state index in [1.54, 1.807) is 28.8 Å². The molecule has 2 aromatic carbocycles. The number of carboxylic acid groups (broad SMARTS) is 1. The van der Waals surface area contributed by atoms with Gasteiger partial charge in [-0.05, 0) is 42.0 Å². The lowest BCUT2D eigenvalue weighted by Crippen LogP contribution is -2.27. The summed E-state index contributed by atoms with van der Waals surface area (Å²) in [5, 5.41) is 8.87. The van der Waals surface area contributed by atoms with Crippen molar-refractivity contribution in [3.8, 4) is 0 Å². The first-order valence-corrected chi connectivity index (χ1v) is 8.43. The fourth-order valence-electron chi connectivity index (χ4n) is 2.34. The third kappa shape index (κ3) is 2.89. The van der Waals surface area contributed by atoms with Gasteiger partial charge in [-0.25, -0.2) is 4.79 Å². The maximum absolute atomic E-state index is 12.2. The van der Waals surface area contributed by atoms with Gasteiger partial charge in [0.1, 0.15) is 5.37 Å². The van der Waals surface area contributed by atoms with Crippen LogP contribution in [0.5, 0.6) is 0 Å². The van der Waals surface area contributed by atoms with Crippen molar-refractivity contribution >= 4 is 45.3 Å². The van der Waals surface area contributed by atoms with E-state index in [2.05, 4.69) is 15.9 Å². The largest absolute Gasteiger partial charge is 0.478 e. The van der Waals surface area contributed by atoms with Crippen LogP contribution in [-0.2, 0) is 4.79 Å². The van der Waals surface area contributed by atoms with E-state index < -0.39 is 5.97 Å². The van der Waals surface area contributed by atoms with E-state index in [0.29, 0.717) is 11.4 Å². The van der Waals surface area contributed by atoms with E-state index in [1.165, 1.54) is 12.1 Å². The van der Waals surface area contributed by atoms with E-state index in [0.717, 1.165) is 10.0 Å². The predicted octanol–water partition coefficient (Wildman–Crippen LogP) is 3.93. The Balaban J connectivity index is 1.93. The summed E-state index contributed by atoms with van der Waals surface area (Å²) in [5.74, 6) is -0.527. The molecular weight excluding hydrogens is 366 g/mol. The highest BCUT2D eigenvalue weighted by Gasteiger charge is 2.33. The molecule has 3 rings (SSSR count). The van der Waals surface area contributed by atoms with Gasteiger partial charge in [-0.2, -0.15) is 0 Å². The zero-order chi connectivity index (χ0) is 15.7. The maximum Gasteiger partial charge on any atom is 0.335 e. The first kappa shape index (κ1) is 15.1. The molecule has 1 amide bonds. The highest BCUT2D eigenvalue weighted by atomic mass is 79.9. The Kier molecular flexibility index (Phi) is 4.22. The molecule has 112 valence electrons. The van der Waals surface area contributed by atoms with Gasteiger partial charge in [-0.3, -0.25) is 9.69 Å². The average Bonchev–Trinajstić information content (AvgIpc) is 2.90. The van der Waals surface area contributed by atoms with Gasteiger partial charge in [0.25, 0.3) is 0 Å². The molecule has 0 aliphatic carbocycles. The van der Waals surface area contributed by atoms with Gasteiger partial charge >= 0.3 is 5.97 Å². The summed E-state index contributed by atoms with van der Waals surface area (Å²) in [7, 11) is 0. The number of rotatable bonds is 3. The van der Waals surface area contributed by atoms with E-state index in [-0.39, 0.29) is 16.8 Å². The molecule has 0 spiro atoms. The number of halogens is 1. The molecule has 0 aromatic heterocycles. The molecule has 0 bridgehead atoms. The average molecular weight is 378 g/mol. The molecule has 2 aromatic rings. The molecule has 1 aliphatic rings. The van der Waals surface area contributed by atoms with Crippen LogP contribution in [0.25, 0.3) is 0 Å². The molecule has 1 aliphatic heterocycles. The highest BCUT2D eigenvalue weighted by Crippen LogP contribution is 2.41. The topological polar surface area (TPSA) is 57.6 Å². The second kappa shape index (κ2) is 6.14. The second-order valence-corrected chi connectivity index (χ2v) is 6.81. The van der Waals surface area contributed by atoms with Gasteiger partial charge in [0.05, 0.1) is 11.3 Å². The number of hydrogen-bond donors (Lipinski definition) is 1. The Bertz CT molecular complexity index is 715. The molecule has 1 fully saturated rings. The zero-order valence-electron chi connectivity index (χ0n) is 11.4. The molecule has 0 radical (unpaired) electrons. The summed E-state index contributed by atoms with van der Waals surface area (Å²) in [6.07, 6.45) is 0. The number of carboxylic acids is 1. The number of nitrogens with zero attached hydrogens (tertiary/aromatic N) is 1. The van der Waals surface area contributed by atoms with Crippen LogP contribution in [0.15, 0.2) is 53.0 Å². The van der Waals surface area contributed by atoms with Crippen LogP contribution >= 0.6 is 27.7 Å². The van der Waals surface area contributed by atoms with E-state index in [9.17, 15) is 9.59 Å². The van der Waals surface area contributed by atoms with Gasteiger partial charge in [-0.15, -0.1) is 11.8 Å². The minimum Gasteiger partial charge on any atom is -0.478 e. The quantitative estimate of drug-likeness (QED) is 0.880. The Hall–Kier alpha value is -1.79. The van der Waals surface area contributed by atoms with Gasteiger partial charge in [0.2, 0.25) is 5.91 Å². The normalized spacial score (nSPS) is 17.8. The standard InChI is InChI=1S/C16H12BrNO3S/c17-12-5-1-10(2-6-12)15-18(14(19)9-22-15)13-7-3-11(4-8-13)16(20)21/h1-8,15H,9H2,(H,20,21). The molecule has 1 unspecified atom stereocenters. The third-order valence-corrected chi connectivity index (χ3v) is 5.16. The summed E-state index contributed by atoms with van der Waals surface area (Å²) >= 11 is 4.97. The molecule has 1 saturated heterocycles. The first-order chi connectivity index (χ1) is 10.6. The van der Waals surface area contributed by atoms with Crippen LogP contribution in [0.3, 0.4) is 0 Å². The molecule has 0 saturated carbocycles. The lowest BCUT2D eigenvalue weighted by molar-refractivity contribution is -0.115. The van der Waals surface area contributed by atoms with Crippen molar-refractivity contribution in [1.29, 1.82) is 0 Å². The van der Waals surface area contributed by atoms with Crippen LogP contribution in [0.4, 0.5) is 5.69 Å². The predicted molar refractivity (Wildman–Crippen MR) is 90.2 cm³/mol. The molecule has 1 N–H and O–H groups in total. The smallest absolute Gasteiger partial charge is 0.335 e. The minimum atomic E-state index is -0.974. The molecule has 1 atom stereocenters. The summed E-state index contributed by atoms with van der Waals surface area (Å²) in [5.41, 5.74) is 1.97. The summed E-state index contributed by atoms with van der Waals surface area (Å²) in [6, 6.07) is 14.3. The maximum atomic E-state index is 12.2. The minimum absolute atomic E-state index is 0.0287. The Morgan fingerprint density at radius 2 is 1.77 bits per heavy atom. The monoisotopic (exact) mass is 377 g/mol. The van der Waals surface area contributed by atoms with E-state index in [4.69, 9.17) is 5.11 Å². The van der Waals surface area contributed by atoms with E-state index >= 15 is 0 Å². The zero-order valence-corrected chi connectivity index (χ0v) is 13.8. The van der Waals surface area contributed by atoms with Crippen molar-refractivity contribution < 1.29 is 14.7 Å². The second-order valence-electron chi connectivity index (χ2n) is 4.83. The van der Waals surface area contributed by atoms with Crippen molar-refractivity contribution in [2.75, 3.05) is 10.7 Å². The summed E-state index contributed by atoms with van der Waals surface area (Å²) in [4.78, 5) is 24.9. The lowest BCUT2D eigenvalue weighted by atomic mass is 10.1. The number of hydrogen-bond acceptors (Lipinski definition) is 3. The molecule has 4 nitrogen and oxygen atoms in total. The van der Waals surface area contributed by atoms with Crippen molar-refractivity contribution in [3.63, 3.8) is 0 Å². The van der Waals surface area contributed by atoms with Gasteiger partial charge in [0, 0.05) is 10.2 Å². The number of amides is 1. The van der Waals surface area contributed by atoms with Crippen molar-refractivity contribution in [3.05, 3.63) is 64.1 Å². The molecule has 6 heteroatoms. The Morgan fingerprint density at radius 1 is 1.14 bits per heavy atom. The molecular formula is C16H12BrNO3S. The number of carbonyl (C=O) groups is 2. The SMILES string of the molecule is O=C(O)c1ccc(N2C(=O)CSC2c2ccc(Br)cc2)cc1. The number of thioether (sulfide) groups is 1. The molecule has 1 heterocycles. The van der Waals surface area contributed by atoms with E-state index in [1.807, 2.05) is 24.3 Å². The van der Waals surface area contributed by atoms with Gasteiger partial charge in [-0.1, -0.05) is 28.1 Å². The van der Waals surface area contributed by atoms with Crippen molar-refractivity contribution in [2.45, 2.75) is 5.37 Å². The van der Waals surface area contributed by atoms with Crippen molar-refractivity contribution in [2.24, 2.45) is 0 Å². The van der Waals surface area contributed by atoms with Gasteiger partial charge in [0.15, 0.2) is 0 Å². The van der Waals surface area contributed by atoms with Crippen LogP contribution in [-0.4, -0.2) is 22.7 Å². The number of aromatic carboxylic acids is 1. The number of anilines is 1. The van der Waals surface area contributed by atoms with Crippen LogP contribution in [0, 0.1) is 0 Å². The fraction of sp³-hybridized carbons (Fsp3) is 0.125. The van der Waals surface area contributed by atoms with Gasteiger partial charge < -0.3 is 5.11 Å². The summed E-state index contributed by atoms with van der Waals surface area (Å²) in [6.45, 7) is 0. The Labute approximate surface area is 140 Å². The third-order valence-electron chi connectivity index (χ3n) is 3.42. The fourth-order valence-corrected chi connectivity index (χ4v) is 3.78. The van der Waals surface area contributed by atoms with Crippen LogP contribution in [0.2, 0.25) is 0 Å². The number of carbonyl (C=O) groups excluding carboxylic acids is 1. The molecule has 22 heavy (non-hydrogen) atoms. The Morgan fingerprint density at radius 3 is 2.36 bits per heavy atom. The van der Waals surface area contributed by atoms with Crippen LogP contribution < -0.4 is 4.90 Å². The first-order valence-electron chi connectivity index (χ1n) is 6.59. The van der Waals surface area contributed by atoms with Crippen LogP contribution in [0.1, 0.15) is 21.3 Å². The summed E-state index contributed by atoms with van der Waals surface area (Å²) < 4.78 is 0.989. The number of benzene rings is 2.